The Morgan fingerprint density at radius 2 is 2.00 bits per heavy atom. The Morgan fingerprint density at radius 1 is 1.22 bits per heavy atom. The summed E-state index contributed by atoms with van der Waals surface area (Å²) in [5, 5.41) is 8.05. The van der Waals surface area contributed by atoms with Crippen molar-refractivity contribution in [1.29, 1.82) is 0 Å². The van der Waals surface area contributed by atoms with E-state index in [-0.39, 0.29) is 0 Å². The van der Waals surface area contributed by atoms with Crippen LogP contribution in [0.3, 0.4) is 0 Å². The van der Waals surface area contributed by atoms with Crippen molar-refractivity contribution in [1.82, 2.24) is 15.1 Å². The van der Waals surface area contributed by atoms with Crippen LogP contribution in [0, 0.1) is 13.8 Å². The van der Waals surface area contributed by atoms with Gasteiger partial charge in [0, 0.05) is 18.3 Å². The molecule has 18 heavy (non-hydrogen) atoms. The molecule has 94 valence electrons. The Kier molecular flexibility index (Phi) is 2.92. The van der Waals surface area contributed by atoms with Gasteiger partial charge >= 0.3 is 0 Å². The van der Waals surface area contributed by atoms with Crippen molar-refractivity contribution in [2.45, 2.75) is 26.3 Å². The molecule has 0 aliphatic carbocycles. The third-order valence-corrected chi connectivity index (χ3v) is 3.69. The van der Waals surface area contributed by atoms with Crippen LogP contribution in [-0.4, -0.2) is 22.9 Å². The van der Waals surface area contributed by atoms with Crippen LogP contribution in [0.25, 0.3) is 11.1 Å². The highest BCUT2D eigenvalue weighted by atomic mass is 15.3. The molecule has 2 heterocycles. The lowest BCUT2D eigenvalue weighted by Gasteiger charge is -2.07. The molecule has 1 saturated heterocycles. The smallest absolute Gasteiger partial charge is 0.0672 e. The molecule has 1 atom stereocenters. The van der Waals surface area contributed by atoms with E-state index in [1.165, 1.54) is 23.1 Å². The summed E-state index contributed by atoms with van der Waals surface area (Å²) >= 11 is 0. The molecule has 1 aliphatic heterocycles. The minimum absolute atomic E-state index is 0.517. The summed E-state index contributed by atoms with van der Waals surface area (Å²) in [5.41, 5.74) is 4.92. The van der Waals surface area contributed by atoms with Crippen LogP contribution >= 0.6 is 0 Å². The lowest BCUT2D eigenvalue weighted by Crippen LogP contribution is -2.13. The van der Waals surface area contributed by atoms with Crippen molar-refractivity contribution in [3.63, 3.8) is 0 Å². The van der Waals surface area contributed by atoms with Gasteiger partial charge in [-0.15, -0.1) is 0 Å². The van der Waals surface area contributed by atoms with Gasteiger partial charge in [-0.25, -0.2) is 0 Å². The SMILES string of the molecule is Cc1ccc(-c2cn(C3CCNC3)nc2C)cc1. The zero-order chi connectivity index (χ0) is 12.5. The second-order valence-corrected chi connectivity index (χ2v) is 5.12. The van der Waals surface area contributed by atoms with Gasteiger partial charge in [-0.2, -0.15) is 5.10 Å². The van der Waals surface area contributed by atoms with Crippen molar-refractivity contribution in [2.75, 3.05) is 13.1 Å². The first-order valence-electron chi connectivity index (χ1n) is 6.57. The number of aromatic nitrogens is 2. The number of hydrogen-bond acceptors (Lipinski definition) is 2. The summed E-state index contributed by atoms with van der Waals surface area (Å²) < 4.78 is 2.13. The van der Waals surface area contributed by atoms with Gasteiger partial charge in [0.25, 0.3) is 0 Å². The van der Waals surface area contributed by atoms with Crippen LogP contribution in [0.15, 0.2) is 30.5 Å². The molecular weight excluding hydrogens is 222 g/mol. The zero-order valence-corrected chi connectivity index (χ0v) is 11.0. The van der Waals surface area contributed by atoms with E-state index in [4.69, 9.17) is 0 Å². The van der Waals surface area contributed by atoms with Gasteiger partial charge in [0.05, 0.1) is 11.7 Å². The van der Waals surface area contributed by atoms with E-state index >= 15 is 0 Å². The first kappa shape index (κ1) is 11.5. The van der Waals surface area contributed by atoms with Gasteiger partial charge in [0.15, 0.2) is 0 Å². The molecule has 3 rings (SSSR count). The van der Waals surface area contributed by atoms with E-state index < -0.39 is 0 Å². The maximum absolute atomic E-state index is 4.67. The molecular formula is C15H19N3. The Morgan fingerprint density at radius 3 is 2.67 bits per heavy atom. The number of nitrogens with one attached hydrogen (secondary N) is 1. The fraction of sp³-hybridized carbons (Fsp3) is 0.400. The first-order valence-corrected chi connectivity index (χ1v) is 6.57. The number of hydrogen-bond donors (Lipinski definition) is 1. The highest BCUT2D eigenvalue weighted by Crippen LogP contribution is 2.25. The van der Waals surface area contributed by atoms with Crippen molar-refractivity contribution >= 4 is 0 Å². The third kappa shape index (κ3) is 2.06. The Bertz CT molecular complexity index is 533. The van der Waals surface area contributed by atoms with Gasteiger partial charge in [-0.3, -0.25) is 4.68 Å². The summed E-state index contributed by atoms with van der Waals surface area (Å²) in [4.78, 5) is 0. The van der Waals surface area contributed by atoms with E-state index in [2.05, 4.69) is 59.4 Å². The van der Waals surface area contributed by atoms with Crippen LogP contribution in [0.5, 0.6) is 0 Å². The topological polar surface area (TPSA) is 29.9 Å². The number of rotatable bonds is 2. The Labute approximate surface area is 108 Å². The van der Waals surface area contributed by atoms with Crippen molar-refractivity contribution in [3.05, 3.63) is 41.7 Å². The molecule has 1 N–H and O–H groups in total. The molecule has 0 amide bonds. The first-order chi connectivity index (χ1) is 8.74. The predicted molar refractivity (Wildman–Crippen MR) is 73.7 cm³/mol. The summed E-state index contributed by atoms with van der Waals surface area (Å²) in [7, 11) is 0. The molecule has 3 heteroatoms. The molecule has 0 bridgehead atoms. The summed E-state index contributed by atoms with van der Waals surface area (Å²) in [5.74, 6) is 0. The second-order valence-electron chi connectivity index (χ2n) is 5.12. The standard InChI is InChI=1S/C15H19N3/c1-11-3-5-13(6-4-11)15-10-18(17-12(15)2)14-7-8-16-9-14/h3-6,10,14,16H,7-9H2,1-2H3. The van der Waals surface area contributed by atoms with E-state index in [1.54, 1.807) is 0 Å². The molecule has 0 radical (unpaired) electrons. The molecule has 1 aromatic heterocycles. The summed E-state index contributed by atoms with van der Waals surface area (Å²) in [6, 6.07) is 9.18. The Balaban J connectivity index is 1.94. The predicted octanol–water partition coefficient (Wildman–Crippen LogP) is 2.70. The molecule has 1 fully saturated rings. The van der Waals surface area contributed by atoms with Crippen LogP contribution in [0.4, 0.5) is 0 Å². The highest BCUT2D eigenvalue weighted by Gasteiger charge is 2.18. The monoisotopic (exact) mass is 241 g/mol. The van der Waals surface area contributed by atoms with Gasteiger partial charge in [0.1, 0.15) is 0 Å². The fourth-order valence-corrected chi connectivity index (χ4v) is 2.55. The molecule has 0 saturated carbocycles. The number of benzene rings is 1. The van der Waals surface area contributed by atoms with Crippen molar-refractivity contribution in [3.8, 4) is 11.1 Å². The van der Waals surface area contributed by atoms with Crippen LogP contribution in [0.1, 0.15) is 23.7 Å². The van der Waals surface area contributed by atoms with E-state index in [0.29, 0.717) is 6.04 Å². The van der Waals surface area contributed by atoms with Crippen LogP contribution in [-0.2, 0) is 0 Å². The maximum Gasteiger partial charge on any atom is 0.0672 e. The normalized spacial score (nSPS) is 19.3. The lowest BCUT2D eigenvalue weighted by atomic mass is 10.1. The van der Waals surface area contributed by atoms with E-state index in [1.807, 2.05) is 0 Å². The van der Waals surface area contributed by atoms with Gasteiger partial charge in [-0.1, -0.05) is 29.8 Å². The Hall–Kier alpha value is -1.61. The van der Waals surface area contributed by atoms with Crippen LogP contribution < -0.4 is 5.32 Å². The maximum atomic E-state index is 4.67. The minimum Gasteiger partial charge on any atom is -0.315 e. The quantitative estimate of drug-likeness (QED) is 0.876. The summed E-state index contributed by atoms with van der Waals surface area (Å²) in [6.07, 6.45) is 3.37. The molecule has 0 spiro atoms. The molecule has 1 aromatic carbocycles. The molecule has 1 aliphatic rings. The minimum atomic E-state index is 0.517. The largest absolute Gasteiger partial charge is 0.315 e. The van der Waals surface area contributed by atoms with Gasteiger partial charge in [0.2, 0.25) is 0 Å². The van der Waals surface area contributed by atoms with Crippen LogP contribution in [0.2, 0.25) is 0 Å². The third-order valence-electron chi connectivity index (χ3n) is 3.69. The molecule has 2 aromatic rings. The molecule has 1 unspecified atom stereocenters. The van der Waals surface area contributed by atoms with Crippen molar-refractivity contribution in [2.24, 2.45) is 0 Å². The van der Waals surface area contributed by atoms with Gasteiger partial charge < -0.3 is 5.32 Å². The van der Waals surface area contributed by atoms with Crippen molar-refractivity contribution < 1.29 is 0 Å². The number of aryl methyl sites for hydroxylation is 2. The lowest BCUT2D eigenvalue weighted by molar-refractivity contribution is 0.488. The summed E-state index contributed by atoms with van der Waals surface area (Å²) in [6.45, 7) is 6.34. The molecule has 3 nitrogen and oxygen atoms in total. The average molecular weight is 241 g/mol. The average Bonchev–Trinajstić information content (AvgIpc) is 2.99. The second kappa shape index (κ2) is 4.58. The fourth-order valence-electron chi connectivity index (χ4n) is 2.55. The zero-order valence-electron chi connectivity index (χ0n) is 11.0. The van der Waals surface area contributed by atoms with E-state index in [0.717, 1.165) is 18.8 Å². The van der Waals surface area contributed by atoms with Gasteiger partial charge in [-0.05, 0) is 32.4 Å². The number of nitrogens with zero attached hydrogens (tertiary/aromatic N) is 2. The van der Waals surface area contributed by atoms with E-state index in [9.17, 15) is 0 Å². The highest BCUT2D eigenvalue weighted by molar-refractivity contribution is 5.65.